The van der Waals surface area contributed by atoms with Crippen molar-refractivity contribution in [2.45, 2.75) is 6.42 Å². The van der Waals surface area contributed by atoms with Crippen molar-refractivity contribution in [2.24, 2.45) is 0 Å². The van der Waals surface area contributed by atoms with Crippen LogP contribution >= 0.6 is 0 Å². The lowest BCUT2D eigenvalue weighted by Crippen LogP contribution is -2.26. The summed E-state index contributed by atoms with van der Waals surface area (Å²) in [6, 6.07) is 9.97. The van der Waals surface area contributed by atoms with Crippen LogP contribution in [0.25, 0.3) is 0 Å². The van der Waals surface area contributed by atoms with E-state index in [-0.39, 0.29) is 0 Å². The van der Waals surface area contributed by atoms with Crippen molar-refractivity contribution in [3.8, 4) is 6.07 Å². The number of anilines is 1. The van der Waals surface area contributed by atoms with E-state index in [1.165, 1.54) is 0 Å². The molecule has 0 radical (unpaired) electrons. The Labute approximate surface area is 89.9 Å². The van der Waals surface area contributed by atoms with E-state index in [2.05, 4.69) is 11.0 Å². The standard InChI is InChI=1S/C12H14N2O/c13-10-11-4-1-2-5-12(11)14-6-3-8-15-9-7-14/h1-2,4-5H,3,6-9H2. The molecular formula is C12H14N2O. The van der Waals surface area contributed by atoms with Gasteiger partial charge in [-0.2, -0.15) is 5.26 Å². The van der Waals surface area contributed by atoms with Crippen LogP contribution in [0.4, 0.5) is 5.69 Å². The number of benzene rings is 1. The first kappa shape index (κ1) is 10.0. The summed E-state index contributed by atoms with van der Waals surface area (Å²) in [6.07, 6.45) is 1.03. The second-order valence-corrected chi connectivity index (χ2v) is 3.58. The van der Waals surface area contributed by atoms with Crippen LogP contribution in [0.15, 0.2) is 24.3 Å². The van der Waals surface area contributed by atoms with Gasteiger partial charge in [-0.25, -0.2) is 0 Å². The predicted molar refractivity (Wildman–Crippen MR) is 58.8 cm³/mol. The minimum atomic E-state index is 0.749. The molecule has 0 atom stereocenters. The van der Waals surface area contributed by atoms with Crippen molar-refractivity contribution in [1.82, 2.24) is 0 Å². The Hall–Kier alpha value is -1.53. The molecule has 1 aliphatic rings. The van der Waals surface area contributed by atoms with Crippen LogP contribution < -0.4 is 4.90 Å². The number of nitrogens with zero attached hydrogens (tertiary/aromatic N) is 2. The fourth-order valence-corrected chi connectivity index (χ4v) is 1.83. The molecule has 1 aromatic rings. The van der Waals surface area contributed by atoms with E-state index < -0.39 is 0 Å². The zero-order chi connectivity index (χ0) is 10.5. The molecule has 0 aromatic heterocycles. The van der Waals surface area contributed by atoms with E-state index in [9.17, 15) is 0 Å². The molecule has 2 rings (SSSR count). The highest BCUT2D eigenvalue weighted by Crippen LogP contribution is 2.20. The molecule has 0 unspecified atom stereocenters. The Kier molecular flexibility index (Phi) is 3.21. The molecule has 0 aliphatic carbocycles. The van der Waals surface area contributed by atoms with Gasteiger partial charge in [0.25, 0.3) is 0 Å². The van der Waals surface area contributed by atoms with Gasteiger partial charge in [-0.05, 0) is 18.6 Å². The Balaban J connectivity index is 2.23. The smallest absolute Gasteiger partial charge is 0.101 e. The second kappa shape index (κ2) is 4.81. The van der Waals surface area contributed by atoms with Gasteiger partial charge in [0, 0.05) is 19.7 Å². The fourth-order valence-electron chi connectivity index (χ4n) is 1.83. The largest absolute Gasteiger partial charge is 0.380 e. The van der Waals surface area contributed by atoms with E-state index >= 15 is 0 Å². The third-order valence-corrected chi connectivity index (χ3v) is 2.59. The molecule has 0 N–H and O–H groups in total. The molecule has 0 spiro atoms. The van der Waals surface area contributed by atoms with E-state index in [4.69, 9.17) is 10.00 Å². The molecule has 1 aromatic carbocycles. The summed E-state index contributed by atoms with van der Waals surface area (Å²) in [5.41, 5.74) is 1.78. The van der Waals surface area contributed by atoms with Crippen molar-refractivity contribution in [2.75, 3.05) is 31.2 Å². The molecule has 15 heavy (non-hydrogen) atoms. The summed E-state index contributed by atoms with van der Waals surface area (Å²) >= 11 is 0. The summed E-state index contributed by atoms with van der Waals surface area (Å²) in [5.74, 6) is 0. The molecule has 3 heteroatoms. The Morgan fingerprint density at radius 3 is 2.93 bits per heavy atom. The Bertz CT molecular complexity index is 362. The van der Waals surface area contributed by atoms with Gasteiger partial charge in [0.2, 0.25) is 0 Å². The van der Waals surface area contributed by atoms with E-state index in [0.717, 1.165) is 44.0 Å². The van der Waals surface area contributed by atoms with Crippen molar-refractivity contribution < 1.29 is 4.74 Å². The minimum absolute atomic E-state index is 0.749. The first-order valence-electron chi connectivity index (χ1n) is 5.23. The monoisotopic (exact) mass is 202 g/mol. The Morgan fingerprint density at radius 1 is 1.20 bits per heavy atom. The third-order valence-electron chi connectivity index (χ3n) is 2.59. The fraction of sp³-hybridized carbons (Fsp3) is 0.417. The molecule has 1 saturated heterocycles. The molecule has 0 saturated carbocycles. The van der Waals surface area contributed by atoms with Crippen molar-refractivity contribution in [3.05, 3.63) is 29.8 Å². The van der Waals surface area contributed by atoms with E-state index in [0.29, 0.717) is 0 Å². The maximum atomic E-state index is 9.01. The number of para-hydroxylation sites is 1. The topological polar surface area (TPSA) is 36.3 Å². The molecule has 1 fully saturated rings. The van der Waals surface area contributed by atoms with Crippen molar-refractivity contribution >= 4 is 5.69 Å². The van der Waals surface area contributed by atoms with Gasteiger partial charge < -0.3 is 9.64 Å². The van der Waals surface area contributed by atoms with Gasteiger partial charge in [0.05, 0.1) is 17.9 Å². The summed E-state index contributed by atoms with van der Waals surface area (Å²) in [6.45, 7) is 3.42. The zero-order valence-electron chi connectivity index (χ0n) is 8.65. The van der Waals surface area contributed by atoms with Gasteiger partial charge in [0.1, 0.15) is 6.07 Å². The first-order chi connectivity index (χ1) is 7.42. The number of hydrogen-bond donors (Lipinski definition) is 0. The number of hydrogen-bond acceptors (Lipinski definition) is 3. The lowest BCUT2D eigenvalue weighted by atomic mass is 10.1. The highest BCUT2D eigenvalue weighted by molar-refractivity contribution is 5.59. The van der Waals surface area contributed by atoms with Crippen LogP contribution in [-0.2, 0) is 4.74 Å². The lowest BCUT2D eigenvalue weighted by molar-refractivity contribution is 0.152. The molecule has 78 valence electrons. The van der Waals surface area contributed by atoms with Gasteiger partial charge >= 0.3 is 0 Å². The molecule has 1 heterocycles. The van der Waals surface area contributed by atoms with Gasteiger partial charge in [0.15, 0.2) is 0 Å². The zero-order valence-corrected chi connectivity index (χ0v) is 8.65. The second-order valence-electron chi connectivity index (χ2n) is 3.58. The number of ether oxygens (including phenoxy) is 1. The summed E-state index contributed by atoms with van der Waals surface area (Å²) in [4.78, 5) is 2.23. The van der Waals surface area contributed by atoms with Crippen LogP contribution in [0, 0.1) is 11.3 Å². The van der Waals surface area contributed by atoms with E-state index in [1.807, 2.05) is 24.3 Å². The predicted octanol–water partition coefficient (Wildman–Crippen LogP) is 1.78. The molecule has 0 bridgehead atoms. The van der Waals surface area contributed by atoms with Crippen molar-refractivity contribution in [1.29, 1.82) is 5.26 Å². The minimum Gasteiger partial charge on any atom is -0.380 e. The van der Waals surface area contributed by atoms with Gasteiger partial charge in [-0.1, -0.05) is 12.1 Å². The van der Waals surface area contributed by atoms with Crippen LogP contribution in [0.5, 0.6) is 0 Å². The van der Waals surface area contributed by atoms with Crippen LogP contribution in [0.1, 0.15) is 12.0 Å². The maximum Gasteiger partial charge on any atom is 0.101 e. The van der Waals surface area contributed by atoms with Gasteiger partial charge in [-0.3, -0.25) is 0 Å². The summed E-state index contributed by atoms with van der Waals surface area (Å²) in [7, 11) is 0. The summed E-state index contributed by atoms with van der Waals surface area (Å²) in [5, 5.41) is 9.01. The lowest BCUT2D eigenvalue weighted by Gasteiger charge is -2.22. The number of rotatable bonds is 1. The average molecular weight is 202 g/mol. The van der Waals surface area contributed by atoms with Gasteiger partial charge in [-0.15, -0.1) is 0 Å². The molecule has 3 nitrogen and oxygen atoms in total. The first-order valence-corrected chi connectivity index (χ1v) is 5.23. The highest BCUT2D eigenvalue weighted by atomic mass is 16.5. The van der Waals surface area contributed by atoms with E-state index in [1.54, 1.807) is 0 Å². The normalized spacial score (nSPS) is 16.9. The Morgan fingerprint density at radius 2 is 2.07 bits per heavy atom. The summed E-state index contributed by atoms with van der Waals surface area (Å²) < 4.78 is 5.40. The van der Waals surface area contributed by atoms with Crippen LogP contribution in [0.3, 0.4) is 0 Å². The third kappa shape index (κ3) is 2.28. The molecular weight excluding hydrogens is 188 g/mol. The molecule has 0 amide bonds. The average Bonchev–Trinajstić information content (AvgIpc) is 2.57. The number of nitriles is 1. The SMILES string of the molecule is N#Cc1ccccc1N1CCCOCC1. The maximum absolute atomic E-state index is 9.01. The van der Waals surface area contributed by atoms with Crippen molar-refractivity contribution in [3.63, 3.8) is 0 Å². The quantitative estimate of drug-likeness (QED) is 0.696. The highest BCUT2D eigenvalue weighted by Gasteiger charge is 2.12. The van der Waals surface area contributed by atoms with Crippen LogP contribution in [-0.4, -0.2) is 26.3 Å². The molecule has 1 aliphatic heterocycles. The van der Waals surface area contributed by atoms with Crippen LogP contribution in [0.2, 0.25) is 0 Å².